The van der Waals surface area contributed by atoms with Crippen LogP contribution in [0.25, 0.3) is 0 Å². The molecule has 1 aromatic rings. The van der Waals surface area contributed by atoms with E-state index in [2.05, 4.69) is 24.1 Å². The zero-order valence-corrected chi connectivity index (χ0v) is 13.7. The number of carbonyl (C=O) groups is 1. The van der Waals surface area contributed by atoms with Crippen molar-refractivity contribution >= 4 is 17.5 Å². The van der Waals surface area contributed by atoms with Crippen molar-refractivity contribution in [2.24, 2.45) is 5.92 Å². The lowest BCUT2D eigenvalue weighted by Gasteiger charge is -2.29. The summed E-state index contributed by atoms with van der Waals surface area (Å²) in [6.07, 6.45) is 3.67. The van der Waals surface area contributed by atoms with Gasteiger partial charge < -0.3 is 5.32 Å². The first kappa shape index (κ1) is 16.3. The van der Waals surface area contributed by atoms with Gasteiger partial charge in [0.25, 0.3) is 5.91 Å². The Kier molecular flexibility index (Phi) is 6.07. The van der Waals surface area contributed by atoms with Crippen molar-refractivity contribution < 1.29 is 4.79 Å². The highest BCUT2D eigenvalue weighted by molar-refractivity contribution is 6.30. The van der Waals surface area contributed by atoms with E-state index in [1.165, 1.54) is 12.8 Å². The van der Waals surface area contributed by atoms with Crippen molar-refractivity contribution in [3.8, 4) is 0 Å². The Morgan fingerprint density at radius 2 is 2.05 bits per heavy atom. The van der Waals surface area contributed by atoms with Crippen LogP contribution in [0.3, 0.4) is 0 Å². The number of halogens is 1. The summed E-state index contributed by atoms with van der Waals surface area (Å²) in [5.41, 5.74) is 0.632. The molecule has 1 aliphatic heterocycles. The van der Waals surface area contributed by atoms with Gasteiger partial charge in [-0.05, 0) is 56.5 Å². The highest BCUT2D eigenvalue weighted by atomic mass is 35.5. The van der Waals surface area contributed by atoms with E-state index in [9.17, 15) is 4.79 Å². The standard InChI is InChI=1S/C17H25ClN2O/c1-13(2)10-16(20-8-3-4-9-20)12-19-17(21)14-6-5-7-15(18)11-14/h5-7,11,13,16H,3-4,8-10,12H2,1-2H3,(H,19,21). The molecule has 2 rings (SSSR count). The number of benzene rings is 1. The molecule has 4 heteroatoms. The smallest absolute Gasteiger partial charge is 0.251 e. The van der Waals surface area contributed by atoms with Crippen molar-refractivity contribution in [2.75, 3.05) is 19.6 Å². The molecule has 1 aromatic carbocycles. The Labute approximate surface area is 132 Å². The molecule has 1 aliphatic rings. The van der Waals surface area contributed by atoms with Gasteiger partial charge in [-0.25, -0.2) is 0 Å². The number of amides is 1. The molecule has 0 aromatic heterocycles. The average molecular weight is 309 g/mol. The maximum atomic E-state index is 12.2. The van der Waals surface area contributed by atoms with Gasteiger partial charge in [0.15, 0.2) is 0 Å². The average Bonchev–Trinajstić information content (AvgIpc) is 2.96. The maximum absolute atomic E-state index is 12.2. The number of rotatable bonds is 6. The molecule has 1 heterocycles. The predicted octanol–water partition coefficient (Wildman–Crippen LogP) is 3.58. The molecule has 1 N–H and O–H groups in total. The van der Waals surface area contributed by atoms with Crippen LogP contribution in [0.4, 0.5) is 0 Å². The SMILES string of the molecule is CC(C)CC(CNC(=O)c1cccc(Cl)c1)N1CCCC1. The van der Waals surface area contributed by atoms with E-state index in [0.717, 1.165) is 19.5 Å². The zero-order valence-electron chi connectivity index (χ0n) is 12.9. The number of carbonyl (C=O) groups excluding carboxylic acids is 1. The predicted molar refractivity (Wildman–Crippen MR) is 87.8 cm³/mol. The van der Waals surface area contributed by atoms with Gasteiger partial charge in [-0.3, -0.25) is 9.69 Å². The van der Waals surface area contributed by atoms with Gasteiger partial charge in [0, 0.05) is 23.2 Å². The van der Waals surface area contributed by atoms with Crippen LogP contribution in [-0.2, 0) is 0 Å². The quantitative estimate of drug-likeness (QED) is 0.871. The molecule has 1 unspecified atom stereocenters. The largest absolute Gasteiger partial charge is 0.350 e. The highest BCUT2D eigenvalue weighted by Gasteiger charge is 2.23. The topological polar surface area (TPSA) is 32.3 Å². The van der Waals surface area contributed by atoms with Crippen LogP contribution in [0.15, 0.2) is 24.3 Å². The van der Waals surface area contributed by atoms with Gasteiger partial charge in [-0.1, -0.05) is 31.5 Å². The molecule has 116 valence electrons. The molecule has 1 atom stereocenters. The third kappa shape index (κ3) is 5.01. The van der Waals surface area contributed by atoms with Crippen LogP contribution in [-0.4, -0.2) is 36.5 Å². The maximum Gasteiger partial charge on any atom is 0.251 e. The lowest BCUT2D eigenvalue weighted by molar-refractivity contribution is 0.0933. The van der Waals surface area contributed by atoms with Crippen molar-refractivity contribution in [3.05, 3.63) is 34.9 Å². The van der Waals surface area contributed by atoms with E-state index >= 15 is 0 Å². The van der Waals surface area contributed by atoms with Crippen LogP contribution < -0.4 is 5.32 Å². The molecule has 0 bridgehead atoms. The zero-order chi connectivity index (χ0) is 15.2. The summed E-state index contributed by atoms with van der Waals surface area (Å²) in [6.45, 7) is 7.50. The summed E-state index contributed by atoms with van der Waals surface area (Å²) >= 11 is 5.94. The summed E-state index contributed by atoms with van der Waals surface area (Å²) in [5.74, 6) is 0.601. The van der Waals surface area contributed by atoms with Gasteiger partial charge >= 0.3 is 0 Å². The van der Waals surface area contributed by atoms with Gasteiger partial charge in [0.2, 0.25) is 0 Å². The van der Waals surface area contributed by atoms with Gasteiger partial charge in [-0.2, -0.15) is 0 Å². The van der Waals surface area contributed by atoms with Crippen molar-refractivity contribution in [3.63, 3.8) is 0 Å². The highest BCUT2D eigenvalue weighted by Crippen LogP contribution is 2.17. The summed E-state index contributed by atoms with van der Waals surface area (Å²) < 4.78 is 0. The first-order chi connectivity index (χ1) is 10.1. The molecule has 21 heavy (non-hydrogen) atoms. The van der Waals surface area contributed by atoms with Crippen LogP contribution in [0, 0.1) is 5.92 Å². The van der Waals surface area contributed by atoms with Gasteiger partial charge in [-0.15, -0.1) is 0 Å². The van der Waals surface area contributed by atoms with E-state index in [4.69, 9.17) is 11.6 Å². The minimum absolute atomic E-state index is 0.0366. The number of nitrogens with one attached hydrogen (secondary N) is 1. The molecule has 0 aliphatic carbocycles. The molecule has 1 fully saturated rings. The van der Waals surface area contributed by atoms with Gasteiger partial charge in [0.1, 0.15) is 0 Å². The summed E-state index contributed by atoms with van der Waals surface area (Å²) in [7, 11) is 0. The van der Waals surface area contributed by atoms with Crippen molar-refractivity contribution in [1.82, 2.24) is 10.2 Å². The second-order valence-corrected chi connectivity index (χ2v) is 6.68. The van der Waals surface area contributed by atoms with E-state index < -0.39 is 0 Å². The van der Waals surface area contributed by atoms with Crippen LogP contribution in [0.2, 0.25) is 5.02 Å². The Balaban J connectivity index is 1.92. The summed E-state index contributed by atoms with van der Waals surface area (Å²) in [6, 6.07) is 7.54. The molecular formula is C17H25ClN2O. The molecule has 0 saturated carbocycles. The first-order valence-corrected chi connectivity index (χ1v) is 8.22. The second-order valence-electron chi connectivity index (χ2n) is 6.25. The Morgan fingerprint density at radius 1 is 1.33 bits per heavy atom. The minimum Gasteiger partial charge on any atom is -0.350 e. The lowest BCUT2D eigenvalue weighted by Crippen LogP contribution is -2.43. The Hall–Kier alpha value is -1.06. The van der Waals surface area contributed by atoms with E-state index in [1.54, 1.807) is 18.2 Å². The van der Waals surface area contributed by atoms with E-state index in [-0.39, 0.29) is 5.91 Å². The number of likely N-dealkylation sites (tertiary alicyclic amines) is 1. The van der Waals surface area contributed by atoms with E-state index in [0.29, 0.717) is 29.1 Å². The third-order valence-electron chi connectivity index (χ3n) is 3.99. The second kappa shape index (κ2) is 7.81. The molecule has 3 nitrogen and oxygen atoms in total. The fourth-order valence-corrected chi connectivity index (χ4v) is 3.14. The van der Waals surface area contributed by atoms with Crippen LogP contribution in [0.5, 0.6) is 0 Å². The molecule has 0 spiro atoms. The number of hydrogen-bond acceptors (Lipinski definition) is 2. The minimum atomic E-state index is -0.0366. The third-order valence-corrected chi connectivity index (χ3v) is 4.22. The fourth-order valence-electron chi connectivity index (χ4n) is 2.95. The first-order valence-electron chi connectivity index (χ1n) is 7.84. The van der Waals surface area contributed by atoms with Gasteiger partial charge in [0.05, 0.1) is 0 Å². The fraction of sp³-hybridized carbons (Fsp3) is 0.588. The molecule has 1 amide bonds. The number of hydrogen-bond donors (Lipinski definition) is 1. The Morgan fingerprint density at radius 3 is 2.67 bits per heavy atom. The monoisotopic (exact) mass is 308 g/mol. The van der Waals surface area contributed by atoms with Crippen LogP contribution >= 0.6 is 11.6 Å². The lowest BCUT2D eigenvalue weighted by atomic mass is 10.0. The van der Waals surface area contributed by atoms with Crippen molar-refractivity contribution in [1.29, 1.82) is 0 Å². The molecule has 1 saturated heterocycles. The normalized spacial score (nSPS) is 17.1. The van der Waals surface area contributed by atoms with Crippen LogP contribution in [0.1, 0.15) is 43.5 Å². The van der Waals surface area contributed by atoms with Crippen molar-refractivity contribution in [2.45, 2.75) is 39.2 Å². The Bertz CT molecular complexity index is 470. The summed E-state index contributed by atoms with van der Waals surface area (Å²) in [4.78, 5) is 14.7. The van der Waals surface area contributed by atoms with E-state index in [1.807, 2.05) is 6.07 Å². The summed E-state index contributed by atoms with van der Waals surface area (Å²) in [5, 5.41) is 3.67. The number of nitrogens with zero attached hydrogens (tertiary/aromatic N) is 1. The molecule has 0 radical (unpaired) electrons. The molecular weight excluding hydrogens is 284 g/mol.